The summed E-state index contributed by atoms with van der Waals surface area (Å²) in [6.07, 6.45) is 18.9. The highest BCUT2D eigenvalue weighted by Gasteiger charge is 2.86. The van der Waals surface area contributed by atoms with Gasteiger partial charge in [0, 0.05) is 28.1 Å². The molecule has 314 valence electrons. The minimum absolute atomic E-state index is 0.0342. The molecule has 0 saturated heterocycles. The fraction of sp³-hybridized carbons (Fsp3) is 0.745. The number of hydrogen-bond donors (Lipinski definition) is 6. The van der Waals surface area contributed by atoms with Crippen molar-refractivity contribution in [2.75, 3.05) is 6.61 Å². The van der Waals surface area contributed by atoms with E-state index in [0.29, 0.717) is 38.0 Å². The Labute approximate surface area is 344 Å². The number of benzene rings is 1. The Morgan fingerprint density at radius 2 is 1.62 bits per heavy atom. The van der Waals surface area contributed by atoms with Crippen LogP contribution in [0.4, 0.5) is 0 Å². The lowest BCUT2D eigenvalue weighted by molar-refractivity contribution is -0.339. The first-order valence-electron chi connectivity index (χ1n) is 23.3. The van der Waals surface area contributed by atoms with E-state index in [4.69, 9.17) is 0 Å². The zero-order chi connectivity index (χ0) is 40.8. The normalized spacial score (nSPS) is 53.6. The van der Waals surface area contributed by atoms with Crippen molar-refractivity contribution < 1.29 is 35.4 Å². The first-order chi connectivity index (χ1) is 27.4. The summed E-state index contributed by atoms with van der Waals surface area (Å²) in [4.78, 5) is 16.2. The van der Waals surface area contributed by atoms with E-state index < -0.39 is 69.6 Å². The predicted molar refractivity (Wildman–Crippen MR) is 222 cm³/mol. The molecule has 7 nitrogen and oxygen atoms in total. The lowest BCUT2D eigenvalue weighted by Gasteiger charge is -2.81. The fourth-order valence-electron chi connectivity index (χ4n) is 19.7. The number of fused-ring (bicyclic) bond motifs is 5. The summed E-state index contributed by atoms with van der Waals surface area (Å²) in [5.41, 5.74) is -2.89. The second-order valence-corrected chi connectivity index (χ2v) is 23.2. The molecule has 0 aliphatic heterocycles. The molecule has 0 heterocycles. The number of rotatable bonds is 3. The van der Waals surface area contributed by atoms with E-state index in [1.807, 2.05) is 13.0 Å². The summed E-state index contributed by atoms with van der Waals surface area (Å²) in [5.74, 6) is -0.419. The molecule has 1 aromatic carbocycles. The molecule has 7 fully saturated rings. The van der Waals surface area contributed by atoms with Crippen LogP contribution in [-0.4, -0.2) is 66.9 Å². The molecular weight excluding hydrogens is 725 g/mol. The highest BCUT2D eigenvalue weighted by molar-refractivity contribution is 5.96. The summed E-state index contributed by atoms with van der Waals surface area (Å²) in [6, 6.07) is 6.26. The van der Waals surface area contributed by atoms with Crippen molar-refractivity contribution in [3.8, 4) is 0 Å². The molecular formula is C51H68O7. The molecule has 6 N–H and O–H groups in total. The number of aliphatic hydroxyl groups is 6. The third kappa shape index (κ3) is 4.05. The van der Waals surface area contributed by atoms with Crippen molar-refractivity contribution in [2.24, 2.45) is 79.3 Å². The lowest BCUT2D eigenvalue weighted by Crippen LogP contribution is -2.82. The Hall–Kier alpha value is -2.13. The average molecular weight is 793 g/mol. The quantitative estimate of drug-likeness (QED) is 0.217. The predicted octanol–water partition coefficient (Wildman–Crippen LogP) is 5.66. The largest absolute Gasteiger partial charge is 0.394 e. The molecule has 0 radical (unpaired) electrons. The third-order valence-corrected chi connectivity index (χ3v) is 21.3. The topological polar surface area (TPSA) is 138 Å². The molecule has 7 heteroatoms. The van der Waals surface area contributed by atoms with Crippen LogP contribution in [0.25, 0.3) is 12.2 Å². The highest BCUT2D eigenvalue weighted by Crippen LogP contribution is 2.87. The zero-order valence-corrected chi connectivity index (χ0v) is 35.5. The molecule has 3 spiro atoms. The summed E-state index contributed by atoms with van der Waals surface area (Å²) < 4.78 is 0. The van der Waals surface area contributed by atoms with Gasteiger partial charge in [-0.15, -0.1) is 0 Å². The number of carbonyl (C=O) groups excluding carboxylic acids is 1. The van der Waals surface area contributed by atoms with Crippen LogP contribution >= 0.6 is 0 Å². The van der Waals surface area contributed by atoms with Crippen LogP contribution in [0.3, 0.4) is 0 Å². The monoisotopic (exact) mass is 792 g/mol. The third-order valence-electron chi connectivity index (χ3n) is 21.3. The Morgan fingerprint density at radius 3 is 2.38 bits per heavy atom. The maximum absolute atomic E-state index is 16.2. The minimum atomic E-state index is -1.22. The van der Waals surface area contributed by atoms with Gasteiger partial charge >= 0.3 is 0 Å². The maximum atomic E-state index is 16.2. The van der Waals surface area contributed by atoms with Gasteiger partial charge in [0.2, 0.25) is 0 Å². The second-order valence-electron chi connectivity index (χ2n) is 23.2. The van der Waals surface area contributed by atoms with Crippen molar-refractivity contribution in [1.82, 2.24) is 0 Å². The molecule has 0 amide bonds. The van der Waals surface area contributed by atoms with Gasteiger partial charge in [-0.3, -0.25) is 4.79 Å². The molecule has 4 bridgehead atoms. The van der Waals surface area contributed by atoms with Gasteiger partial charge < -0.3 is 30.6 Å². The zero-order valence-electron chi connectivity index (χ0n) is 35.5. The van der Waals surface area contributed by atoms with Crippen LogP contribution in [0.2, 0.25) is 0 Å². The van der Waals surface area contributed by atoms with E-state index in [2.05, 4.69) is 63.3 Å². The van der Waals surface area contributed by atoms with Crippen LogP contribution in [-0.2, 0) is 4.79 Å². The molecule has 7 saturated carbocycles. The second kappa shape index (κ2) is 11.9. The standard InChI is InChI=1S/C51H68O7/c1-28(53)29-8-9-30-22-31-12-17-47-18-14-38-45(4,42(57)26-52)40(55)15-19-49(38,34(31)23-32(30)21-29)43(47)37(54)24-35-36-25-44(2,3)27-48-16-6-7-33(48)13-20-50(58)39(46(35,47)5)10-11-41(56)51(36,48)50/h8-9,13,20-24,28,31,33-34,36,38-43,52-53,55-58H,6-7,10-12,14-19,25-27H2,1-5H3. The van der Waals surface area contributed by atoms with Crippen LogP contribution in [0.5, 0.6) is 0 Å². The average Bonchev–Trinajstić information content (AvgIpc) is 3.56. The van der Waals surface area contributed by atoms with Gasteiger partial charge in [-0.25, -0.2) is 0 Å². The van der Waals surface area contributed by atoms with Gasteiger partial charge in [-0.2, -0.15) is 0 Å². The van der Waals surface area contributed by atoms with Gasteiger partial charge in [-0.1, -0.05) is 76.1 Å². The fourth-order valence-corrected chi connectivity index (χ4v) is 19.7. The maximum Gasteiger partial charge on any atom is 0.159 e. The van der Waals surface area contributed by atoms with Crippen molar-refractivity contribution in [3.63, 3.8) is 0 Å². The van der Waals surface area contributed by atoms with Crippen LogP contribution < -0.4 is 10.4 Å². The van der Waals surface area contributed by atoms with Gasteiger partial charge in [0.1, 0.15) is 0 Å². The number of aliphatic hydroxyl groups excluding tert-OH is 5. The van der Waals surface area contributed by atoms with E-state index in [1.54, 1.807) is 6.92 Å². The van der Waals surface area contributed by atoms with E-state index in [9.17, 15) is 30.6 Å². The summed E-state index contributed by atoms with van der Waals surface area (Å²) in [7, 11) is 0. The summed E-state index contributed by atoms with van der Waals surface area (Å²) in [5, 5.41) is 74.4. The van der Waals surface area contributed by atoms with Gasteiger partial charge in [0.25, 0.3) is 0 Å². The summed E-state index contributed by atoms with van der Waals surface area (Å²) >= 11 is 0. The minimum Gasteiger partial charge on any atom is -0.394 e. The van der Waals surface area contributed by atoms with Crippen LogP contribution in [0.15, 0.2) is 42.0 Å². The highest BCUT2D eigenvalue weighted by atomic mass is 16.3. The molecule has 1 aromatic rings. The molecule has 11 rings (SSSR count). The summed E-state index contributed by atoms with van der Waals surface area (Å²) in [6.45, 7) is 10.6. The Balaban J connectivity index is 1.20. The molecule has 18 unspecified atom stereocenters. The van der Waals surface area contributed by atoms with Crippen LogP contribution in [0.1, 0.15) is 130 Å². The molecule has 10 aliphatic rings. The first-order valence-corrected chi connectivity index (χ1v) is 23.3. The number of hydrogen-bond acceptors (Lipinski definition) is 7. The molecule has 0 aromatic heterocycles. The number of allylic oxidation sites excluding steroid dienone is 3. The van der Waals surface area contributed by atoms with E-state index in [1.165, 1.54) is 5.57 Å². The van der Waals surface area contributed by atoms with Crippen molar-refractivity contribution in [1.29, 1.82) is 0 Å². The molecule has 18 atom stereocenters. The van der Waals surface area contributed by atoms with Gasteiger partial charge in [-0.05, 0) is 163 Å². The van der Waals surface area contributed by atoms with Gasteiger partial charge in [0.15, 0.2) is 5.78 Å². The van der Waals surface area contributed by atoms with E-state index in [0.717, 1.165) is 67.4 Å². The number of carbonyl (C=O) groups is 1. The van der Waals surface area contributed by atoms with E-state index in [-0.39, 0.29) is 46.2 Å². The van der Waals surface area contributed by atoms with Crippen molar-refractivity contribution in [3.05, 3.63) is 58.0 Å². The Bertz CT molecular complexity index is 2150. The van der Waals surface area contributed by atoms with Crippen molar-refractivity contribution in [2.45, 2.75) is 148 Å². The number of ketones is 1. The van der Waals surface area contributed by atoms with E-state index >= 15 is 4.79 Å². The van der Waals surface area contributed by atoms with Crippen molar-refractivity contribution >= 4 is 17.9 Å². The SMILES string of the molecule is CC(O)c1ccc2c(c1)=CC1C(C=2)CCC23CCC4C(C)(C(O)CO)C(O)CCC14C2C(=O)C=C1C2CC(C)(C)CC45CCCC4C=CC4(O)C(CCC(O)C245)C13C. The molecule has 10 aliphatic carbocycles. The Kier molecular flexibility index (Phi) is 7.93. The smallest absolute Gasteiger partial charge is 0.159 e. The Morgan fingerprint density at radius 1 is 0.845 bits per heavy atom. The first kappa shape index (κ1) is 38.8. The van der Waals surface area contributed by atoms with Gasteiger partial charge in [0.05, 0.1) is 36.6 Å². The molecule has 58 heavy (non-hydrogen) atoms. The lowest BCUT2D eigenvalue weighted by atomic mass is 9.23. The van der Waals surface area contributed by atoms with Crippen LogP contribution in [0, 0.1) is 79.3 Å².